The summed E-state index contributed by atoms with van der Waals surface area (Å²) in [5.74, 6) is -2.25. The van der Waals surface area contributed by atoms with Gasteiger partial charge in [-0.25, -0.2) is 4.39 Å². The Bertz CT molecular complexity index is 510. The molecule has 1 N–H and O–H groups in total. The normalized spacial score (nSPS) is 22.9. The van der Waals surface area contributed by atoms with Crippen molar-refractivity contribution in [3.63, 3.8) is 0 Å². The first-order chi connectivity index (χ1) is 9.79. The van der Waals surface area contributed by atoms with Crippen LogP contribution in [0.1, 0.15) is 12.8 Å². The highest BCUT2D eigenvalue weighted by Gasteiger charge is 2.42. The third-order valence-corrected chi connectivity index (χ3v) is 3.70. The zero-order valence-electron chi connectivity index (χ0n) is 11.5. The van der Waals surface area contributed by atoms with Crippen molar-refractivity contribution in [2.45, 2.75) is 25.1 Å². The second kappa shape index (κ2) is 6.01. The van der Waals surface area contributed by atoms with Crippen molar-refractivity contribution in [2.75, 3.05) is 18.5 Å². The van der Waals surface area contributed by atoms with Crippen LogP contribution in [0.25, 0.3) is 0 Å². The van der Waals surface area contributed by atoms with Gasteiger partial charge in [0.2, 0.25) is 5.91 Å². The first-order valence-electron chi connectivity index (χ1n) is 6.62. The molecule has 2 rings (SSSR count). The summed E-state index contributed by atoms with van der Waals surface area (Å²) in [6, 6.07) is 4.84. The molecule has 1 aromatic carbocycles. The van der Waals surface area contributed by atoms with Gasteiger partial charge in [0.1, 0.15) is 5.82 Å². The van der Waals surface area contributed by atoms with E-state index < -0.39 is 24.0 Å². The van der Waals surface area contributed by atoms with E-state index in [-0.39, 0.29) is 25.3 Å². The van der Waals surface area contributed by atoms with Crippen LogP contribution in [0, 0.1) is 11.7 Å². The highest BCUT2D eigenvalue weighted by atomic mass is 19.4. The van der Waals surface area contributed by atoms with Gasteiger partial charge < -0.3 is 10.2 Å². The first kappa shape index (κ1) is 15.8. The summed E-state index contributed by atoms with van der Waals surface area (Å²) in [5, 5.41) is 2.64. The molecule has 2 unspecified atom stereocenters. The molecule has 1 heterocycles. The zero-order chi connectivity index (χ0) is 15.6. The standard InChI is InChI=1S/C14H16F4N2O/c1-20(11-4-2-3-10(15)7-11)13(21)12-6-5-9(8-19-12)14(16,17)18/h2-4,7,9,12,19H,5-6,8H2,1H3. The summed E-state index contributed by atoms with van der Waals surface area (Å²) >= 11 is 0. The van der Waals surface area contributed by atoms with Crippen LogP contribution in [0.2, 0.25) is 0 Å². The topological polar surface area (TPSA) is 32.3 Å². The average Bonchev–Trinajstić information content (AvgIpc) is 2.45. The predicted molar refractivity (Wildman–Crippen MR) is 70.4 cm³/mol. The van der Waals surface area contributed by atoms with Crippen LogP contribution >= 0.6 is 0 Å². The molecule has 7 heteroatoms. The molecule has 2 atom stereocenters. The van der Waals surface area contributed by atoms with Crippen molar-refractivity contribution in [1.82, 2.24) is 5.32 Å². The smallest absolute Gasteiger partial charge is 0.314 e. The van der Waals surface area contributed by atoms with Crippen LogP contribution in [-0.4, -0.2) is 31.7 Å². The van der Waals surface area contributed by atoms with E-state index in [0.29, 0.717) is 5.69 Å². The second-order valence-corrected chi connectivity index (χ2v) is 5.15. The molecule has 0 radical (unpaired) electrons. The Hall–Kier alpha value is -1.63. The summed E-state index contributed by atoms with van der Waals surface area (Å²) in [6.07, 6.45) is -4.21. The summed E-state index contributed by atoms with van der Waals surface area (Å²) in [6.45, 7) is -0.267. The van der Waals surface area contributed by atoms with Crippen LogP contribution in [0.4, 0.5) is 23.2 Å². The van der Waals surface area contributed by atoms with Gasteiger partial charge in [-0.2, -0.15) is 13.2 Å². The van der Waals surface area contributed by atoms with Gasteiger partial charge in [-0.3, -0.25) is 4.79 Å². The number of hydrogen-bond donors (Lipinski definition) is 1. The highest BCUT2D eigenvalue weighted by molar-refractivity contribution is 5.96. The van der Waals surface area contributed by atoms with Crippen LogP contribution in [-0.2, 0) is 4.79 Å². The molecule has 0 aromatic heterocycles. The molecule has 1 amide bonds. The lowest BCUT2D eigenvalue weighted by molar-refractivity contribution is -0.180. The van der Waals surface area contributed by atoms with Gasteiger partial charge in [-0.05, 0) is 31.0 Å². The molecule has 1 aromatic rings. The van der Waals surface area contributed by atoms with E-state index in [4.69, 9.17) is 0 Å². The number of carbonyl (C=O) groups excluding carboxylic acids is 1. The molecule has 0 bridgehead atoms. The van der Waals surface area contributed by atoms with Gasteiger partial charge in [0.15, 0.2) is 0 Å². The van der Waals surface area contributed by atoms with Crippen LogP contribution in [0.5, 0.6) is 0 Å². The van der Waals surface area contributed by atoms with E-state index >= 15 is 0 Å². The molecule has 1 aliphatic heterocycles. The number of rotatable bonds is 2. The van der Waals surface area contributed by atoms with Crippen molar-refractivity contribution < 1.29 is 22.4 Å². The lowest BCUT2D eigenvalue weighted by Gasteiger charge is -2.32. The van der Waals surface area contributed by atoms with Gasteiger partial charge in [-0.1, -0.05) is 6.07 Å². The third kappa shape index (κ3) is 3.72. The summed E-state index contributed by atoms with van der Waals surface area (Å²) < 4.78 is 50.8. The van der Waals surface area contributed by atoms with Crippen molar-refractivity contribution >= 4 is 11.6 Å². The van der Waals surface area contributed by atoms with Gasteiger partial charge in [0.05, 0.1) is 12.0 Å². The number of nitrogens with one attached hydrogen (secondary N) is 1. The van der Waals surface area contributed by atoms with E-state index in [0.717, 1.165) is 0 Å². The Labute approximate surface area is 119 Å². The quantitative estimate of drug-likeness (QED) is 0.852. The lowest BCUT2D eigenvalue weighted by atomic mass is 9.93. The summed E-state index contributed by atoms with van der Waals surface area (Å²) in [7, 11) is 1.48. The lowest BCUT2D eigenvalue weighted by Crippen LogP contribution is -2.51. The maximum atomic E-state index is 13.1. The minimum Gasteiger partial charge on any atom is -0.314 e. The summed E-state index contributed by atoms with van der Waals surface area (Å²) in [5.41, 5.74) is 0.375. The molecular formula is C14H16F4N2O. The summed E-state index contributed by atoms with van der Waals surface area (Å²) in [4.78, 5) is 13.5. The fourth-order valence-electron chi connectivity index (χ4n) is 2.39. The average molecular weight is 304 g/mol. The number of alkyl halides is 3. The number of halogens is 4. The molecular weight excluding hydrogens is 288 g/mol. The number of amides is 1. The van der Waals surface area contributed by atoms with E-state index in [1.54, 1.807) is 6.07 Å². The van der Waals surface area contributed by atoms with Gasteiger partial charge in [0.25, 0.3) is 0 Å². The maximum absolute atomic E-state index is 13.1. The van der Waals surface area contributed by atoms with Crippen LogP contribution in [0.15, 0.2) is 24.3 Å². The Morgan fingerprint density at radius 1 is 1.33 bits per heavy atom. The Morgan fingerprint density at radius 3 is 2.57 bits per heavy atom. The molecule has 0 aliphatic carbocycles. The largest absolute Gasteiger partial charge is 0.393 e. The number of likely N-dealkylation sites (N-methyl/N-ethyl adjacent to an activating group) is 1. The fourth-order valence-corrected chi connectivity index (χ4v) is 2.39. The molecule has 116 valence electrons. The van der Waals surface area contributed by atoms with E-state index in [1.807, 2.05) is 0 Å². The van der Waals surface area contributed by atoms with Gasteiger partial charge >= 0.3 is 6.18 Å². The highest BCUT2D eigenvalue weighted by Crippen LogP contribution is 2.32. The number of carbonyl (C=O) groups is 1. The molecule has 1 aliphatic rings. The van der Waals surface area contributed by atoms with Crippen molar-refractivity contribution in [2.24, 2.45) is 5.92 Å². The van der Waals surface area contributed by atoms with Crippen molar-refractivity contribution in [3.05, 3.63) is 30.1 Å². The van der Waals surface area contributed by atoms with E-state index in [2.05, 4.69) is 5.32 Å². The SMILES string of the molecule is CN(C(=O)C1CCC(C(F)(F)F)CN1)c1cccc(F)c1. The Balaban J connectivity index is 1.99. The first-order valence-corrected chi connectivity index (χ1v) is 6.62. The third-order valence-electron chi connectivity index (χ3n) is 3.70. The molecule has 3 nitrogen and oxygen atoms in total. The molecule has 0 saturated carbocycles. The molecule has 1 saturated heterocycles. The molecule has 0 spiro atoms. The fraction of sp³-hybridized carbons (Fsp3) is 0.500. The monoisotopic (exact) mass is 304 g/mol. The number of piperidine rings is 1. The number of benzene rings is 1. The van der Waals surface area contributed by atoms with E-state index in [1.165, 1.54) is 30.1 Å². The van der Waals surface area contributed by atoms with E-state index in [9.17, 15) is 22.4 Å². The maximum Gasteiger partial charge on any atom is 0.393 e. The van der Waals surface area contributed by atoms with Gasteiger partial charge in [-0.15, -0.1) is 0 Å². The number of anilines is 1. The molecule has 21 heavy (non-hydrogen) atoms. The van der Waals surface area contributed by atoms with Crippen molar-refractivity contribution in [3.8, 4) is 0 Å². The Kier molecular flexibility index (Phi) is 4.51. The second-order valence-electron chi connectivity index (χ2n) is 5.15. The minimum atomic E-state index is -4.24. The van der Waals surface area contributed by atoms with Gasteiger partial charge in [0, 0.05) is 19.3 Å². The number of nitrogens with zero attached hydrogens (tertiary/aromatic N) is 1. The minimum absolute atomic E-state index is 0.0795. The van der Waals surface area contributed by atoms with Crippen molar-refractivity contribution in [1.29, 1.82) is 0 Å². The van der Waals surface area contributed by atoms with Crippen LogP contribution in [0.3, 0.4) is 0 Å². The number of hydrogen-bond acceptors (Lipinski definition) is 2. The predicted octanol–water partition coefficient (Wildman–Crippen LogP) is 2.72. The molecule has 1 fully saturated rings. The Morgan fingerprint density at radius 2 is 2.05 bits per heavy atom. The van der Waals surface area contributed by atoms with Crippen LogP contribution < -0.4 is 10.2 Å². The zero-order valence-corrected chi connectivity index (χ0v) is 11.5.